The number of thioether (sulfide) groups is 1. The van der Waals surface area contributed by atoms with Crippen LogP contribution in [0.1, 0.15) is 25.3 Å². The molecule has 2 atom stereocenters. The van der Waals surface area contributed by atoms with Crippen LogP contribution in [0.2, 0.25) is 0 Å². The fourth-order valence-electron chi connectivity index (χ4n) is 4.50. The SMILES string of the molecule is CCCCN1C(=O)NC(=O)[C@]2(Cc3cc([N+](=O)[O-])ccc3N3CCSC[C@H]32)C1=O. The van der Waals surface area contributed by atoms with Gasteiger partial charge in [0.25, 0.3) is 5.69 Å². The highest BCUT2D eigenvalue weighted by Crippen LogP contribution is 2.47. The number of hydrogen-bond donors (Lipinski definition) is 1. The number of anilines is 1. The number of carbonyl (C=O) groups excluding carboxylic acids is 3. The van der Waals surface area contributed by atoms with Gasteiger partial charge in [-0.25, -0.2) is 4.79 Å². The number of imide groups is 2. The van der Waals surface area contributed by atoms with Crippen LogP contribution >= 0.6 is 11.8 Å². The van der Waals surface area contributed by atoms with Crippen molar-refractivity contribution in [1.82, 2.24) is 10.2 Å². The van der Waals surface area contributed by atoms with E-state index < -0.39 is 34.2 Å². The molecular formula is C19H22N4O5S. The number of rotatable bonds is 4. The highest BCUT2D eigenvalue weighted by molar-refractivity contribution is 7.99. The average molecular weight is 418 g/mol. The van der Waals surface area contributed by atoms with Gasteiger partial charge in [-0.1, -0.05) is 13.3 Å². The van der Waals surface area contributed by atoms with Gasteiger partial charge >= 0.3 is 6.03 Å². The summed E-state index contributed by atoms with van der Waals surface area (Å²) in [6, 6.07) is 3.52. The van der Waals surface area contributed by atoms with Crippen LogP contribution in [0.4, 0.5) is 16.2 Å². The highest BCUT2D eigenvalue weighted by atomic mass is 32.2. The smallest absolute Gasteiger partial charge is 0.330 e. The predicted octanol–water partition coefficient (Wildman–Crippen LogP) is 1.94. The summed E-state index contributed by atoms with van der Waals surface area (Å²) < 4.78 is 0. The van der Waals surface area contributed by atoms with Crippen molar-refractivity contribution in [1.29, 1.82) is 0 Å². The van der Waals surface area contributed by atoms with E-state index in [1.807, 2.05) is 11.8 Å². The van der Waals surface area contributed by atoms with Gasteiger partial charge in [0.2, 0.25) is 11.8 Å². The lowest BCUT2D eigenvalue weighted by Gasteiger charge is -2.53. The highest BCUT2D eigenvalue weighted by Gasteiger charge is 2.62. The topological polar surface area (TPSA) is 113 Å². The first kappa shape index (κ1) is 19.7. The number of fused-ring (bicyclic) bond motifs is 4. The first-order chi connectivity index (χ1) is 13.9. The number of benzene rings is 1. The van der Waals surface area contributed by atoms with Crippen molar-refractivity contribution in [2.24, 2.45) is 5.41 Å². The zero-order chi connectivity index (χ0) is 20.8. The largest absolute Gasteiger partial charge is 0.365 e. The van der Waals surface area contributed by atoms with Crippen molar-refractivity contribution in [2.45, 2.75) is 32.2 Å². The number of non-ortho nitro benzene ring substituents is 1. The normalized spacial score (nSPS) is 26.2. The zero-order valence-electron chi connectivity index (χ0n) is 16.1. The number of unbranched alkanes of at least 4 members (excludes halogenated alkanes) is 1. The molecule has 1 aromatic carbocycles. The Bertz CT molecular complexity index is 907. The molecule has 3 aliphatic rings. The molecule has 3 heterocycles. The minimum Gasteiger partial charge on any atom is -0.365 e. The Morgan fingerprint density at radius 3 is 2.86 bits per heavy atom. The Morgan fingerprint density at radius 2 is 2.14 bits per heavy atom. The van der Waals surface area contributed by atoms with E-state index in [1.54, 1.807) is 17.8 Å². The Hall–Kier alpha value is -2.62. The number of barbiturate groups is 1. The molecular weight excluding hydrogens is 396 g/mol. The van der Waals surface area contributed by atoms with Gasteiger partial charge in [-0.15, -0.1) is 0 Å². The van der Waals surface area contributed by atoms with E-state index in [0.717, 1.165) is 22.8 Å². The first-order valence-electron chi connectivity index (χ1n) is 9.69. The van der Waals surface area contributed by atoms with Gasteiger partial charge in [-0.3, -0.25) is 29.9 Å². The number of nitrogens with zero attached hydrogens (tertiary/aromatic N) is 3. The van der Waals surface area contributed by atoms with Crippen LogP contribution in [0.5, 0.6) is 0 Å². The van der Waals surface area contributed by atoms with Gasteiger partial charge < -0.3 is 4.90 Å². The maximum absolute atomic E-state index is 13.6. The summed E-state index contributed by atoms with van der Waals surface area (Å²) in [5.74, 6) is 0.312. The predicted molar refractivity (Wildman–Crippen MR) is 108 cm³/mol. The standard InChI is InChI=1S/C19H22N4O5S/c1-2-3-6-22-17(25)19(16(24)20-18(22)26)10-12-9-13(23(27)28)4-5-14(12)21-7-8-29-11-15(19)21/h4-5,9,15H,2-3,6-8,10-11H2,1H3,(H,20,24,26)/t15-,19+/m0/s1. The van der Waals surface area contributed by atoms with Crippen molar-refractivity contribution >= 4 is 41.0 Å². The lowest BCUT2D eigenvalue weighted by atomic mass is 9.69. The summed E-state index contributed by atoms with van der Waals surface area (Å²) in [6.45, 7) is 2.84. The fourth-order valence-corrected chi connectivity index (χ4v) is 5.68. The lowest BCUT2D eigenvalue weighted by molar-refractivity contribution is -0.384. The maximum Gasteiger partial charge on any atom is 0.330 e. The molecule has 2 saturated heterocycles. The summed E-state index contributed by atoms with van der Waals surface area (Å²) in [7, 11) is 0. The molecule has 10 heteroatoms. The van der Waals surface area contributed by atoms with Gasteiger partial charge in [0.1, 0.15) is 0 Å². The molecule has 1 aromatic rings. The minimum atomic E-state index is -1.46. The van der Waals surface area contributed by atoms with E-state index in [9.17, 15) is 24.5 Å². The molecule has 1 N–H and O–H groups in total. The quantitative estimate of drug-likeness (QED) is 0.452. The van der Waals surface area contributed by atoms with E-state index in [0.29, 0.717) is 24.3 Å². The second-order valence-corrected chi connectivity index (χ2v) is 8.72. The van der Waals surface area contributed by atoms with E-state index in [-0.39, 0.29) is 18.7 Å². The maximum atomic E-state index is 13.6. The molecule has 4 amide bonds. The molecule has 1 spiro atoms. The van der Waals surface area contributed by atoms with Crippen molar-refractivity contribution in [3.63, 3.8) is 0 Å². The second kappa shape index (κ2) is 7.33. The molecule has 4 rings (SSSR count). The van der Waals surface area contributed by atoms with Crippen LogP contribution in [0.15, 0.2) is 18.2 Å². The monoisotopic (exact) mass is 418 g/mol. The van der Waals surface area contributed by atoms with Gasteiger partial charge in [-0.05, 0) is 18.1 Å². The Morgan fingerprint density at radius 1 is 1.34 bits per heavy atom. The van der Waals surface area contributed by atoms with Crippen molar-refractivity contribution < 1.29 is 19.3 Å². The number of nitrogens with one attached hydrogen (secondary N) is 1. The van der Waals surface area contributed by atoms with Crippen LogP contribution in [-0.4, -0.2) is 58.3 Å². The number of nitro groups is 1. The molecule has 154 valence electrons. The van der Waals surface area contributed by atoms with Crippen molar-refractivity contribution in [3.05, 3.63) is 33.9 Å². The third-order valence-electron chi connectivity index (χ3n) is 5.98. The van der Waals surface area contributed by atoms with E-state index in [1.165, 1.54) is 12.1 Å². The second-order valence-electron chi connectivity index (χ2n) is 7.57. The van der Waals surface area contributed by atoms with E-state index in [4.69, 9.17) is 0 Å². The summed E-state index contributed by atoms with van der Waals surface area (Å²) in [6.07, 6.45) is 1.50. The number of hydrogen-bond acceptors (Lipinski definition) is 7. The Labute approximate surface area is 171 Å². The number of carbonyl (C=O) groups is 3. The number of nitro benzene ring substituents is 1. The van der Waals surface area contributed by atoms with Crippen LogP contribution in [0.25, 0.3) is 0 Å². The molecule has 0 aromatic heterocycles. The van der Waals surface area contributed by atoms with Crippen LogP contribution < -0.4 is 10.2 Å². The summed E-state index contributed by atoms with van der Waals surface area (Å²) >= 11 is 1.67. The molecule has 9 nitrogen and oxygen atoms in total. The third kappa shape index (κ3) is 2.97. The van der Waals surface area contributed by atoms with E-state index >= 15 is 0 Å². The molecule has 0 unspecified atom stereocenters. The first-order valence-corrected chi connectivity index (χ1v) is 10.8. The summed E-state index contributed by atoms with van der Waals surface area (Å²) in [5, 5.41) is 13.7. The van der Waals surface area contributed by atoms with Gasteiger partial charge in [0.05, 0.1) is 11.0 Å². The van der Waals surface area contributed by atoms with Crippen LogP contribution in [0.3, 0.4) is 0 Å². The van der Waals surface area contributed by atoms with E-state index in [2.05, 4.69) is 5.32 Å². The fraction of sp³-hybridized carbons (Fsp3) is 0.526. The molecule has 3 aliphatic heterocycles. The zero-order valence-corrected chi connectivity index (χ0v) is 16.9. The molecule has 0 aliphatic carbocycles. The van der Waals surface area contributed by atoms with Gasteiger partial charge in [-0.2, -0.15) is 11.8 Å². The summed E-state index contributed by atoms with van der Waals surface area (Å²) in [5.41, 5.74) is -0.122. The average Bonchev–Trinajstić information content (AvgIpc) is 2.71. The lowest BCUT2D eigenvalue weighted by Crippen LogP contribution is -2.73. The minimum absolute atomic E-state index is 0.0479. The molecule has 2 fully saturated rings. The van der Waals surface area contributed by atoms with Gasteiger partial charge in [0, 0.05) is 48.8 Å². The third-order valence-corrected chi connectivity index (χ3v) is 7.01. The van der Waals surface area contributed by atoms with Crippen LogP contribution in [-0.2, 0) is 16.0 Å². The molecule has 0 bridgehead atoms. The van der Waals surface area contributed by atoms with Gasteiger partial charge in [0.15, 0.2) is 5.41 Å². The Kier molecular flexibility index (Phi) is 4.97. The number of urea groups is 1. The number of amides is 4. The molecule has 0 saturated carbocycles. The van der Waals surface area contributed by atoms with Crippen molar-refractivity contribution in [2.75, 3.05) is 29.5 Å². The Balaban J connectivity index is 1.83. The molecule has 29 heavy (non-hydrogen) atoms. The van der Waals surface area contributed by atoms with Crippen molar-refractivity contribution in [3.8, 4) is 0 Å². The van der Waals surface area contributed by atoms with Crippen LogP contribution in [0, 0.1) is 15.5 Å². The molecule has 0 radical (unpaired) electrons. The summed E-state index contributed by atoms with van der Waals surface area (Å²) in [4.78, 5) is 53.0.